The second-order valence-corrected chi connectivity index (χ2v) is 9.92. The van der Waals surface area contributed by atoms with Gasteiger partial charge in [0.1, 0.15) is 11.5 Å². The molecule has 0 saturated heterocycles. The quantitative estimate of drug-likeness (QED) is 0.192. The van der Waals surface area contributed by atoms with Gasteiger partial charge in [-0.2, -0.15) is 0 Å². The highest BCUT2D eigenvalue weighted by Gasteiger charge is 2.16. The standard InChI is InChI=1S/C30H28N2O5S/c1-3-37-27-17-11-25(12-18-27)32-38(34,35)28-19-13-24(14-20-28)31-30(33)29(23-7-5-4-6-8-23)21-22-9-15-26(36-2)16-10-22/h4-21,32H,3H2,1-2H3,(H,31,33)/b29-21+. The summed E-state index contributed by atoms with van der Waals surface area (Å²) in [6, 6.07) is 29.4. The van der Waals surface area contributed by atoms with Crippen LogP contribution in [0, 0.1) is 0 Å². The minimum Gasteiger partial charge on any atom is -0.497 e. The Kier molecular flexibility index (Phi) is 8.45. The number of benzene rings is 4. The van der Waals surface area contributed by atoms with Crippen molar-refractivity contribution in [2.24, 2.45) is 0 Å². The highest BCUT2D eigenvalue weighted by Crippen LogP contribution is 2.24. The van der Waals surface area contributed by atoms with Crippen LogP contribution in [0.15, 0.2) is 108 Å². The normalized spacial score (nSPS) is 11.5. The average molecular weight is 529 g/mol. The molecule has 0 saturated carbocycles. The molecule has 0 bridgehead atoms. The summed E-state index contributed by atoms with van der Waals surface area (Å²) in [5.41, 5.74) is 2.93. The molecule has 0 radical (unpaired) electrons. The number of sulfonamides is 1. The molecular weight excluding hydrogens is 500 g/mol. The van der Waals surface area contributed by atoms with Crippen molar-refractivity contribution in [2.75, 3.05) is 23.8 Å². The molecule has 4 rings (SSSR count). The average Bonchev–Trinajstić information content (AvgIpc) is 2.94. The first-order valence-electron chi connectivity index (χ1n) is 12.0. The molecule has 4 aromatic carbocycles. The maximum absolute atomic E-state index is 13.3. The fourth-order valence-electron chi connectivity index (χ4n) is 3.68. The fraction of sp³-hybridized carbons (Fsp3) is 0.100. The third-order valence-electron chi connectivity index (χ3n) is 5.60. The van der Waals surface area contributed by atoms with E-state index in [2.05, 4.69) is 10.0 Å². The second kappa shape index (κ2) is 12.1. The number of carbonyl (C=O) groups is 1. The Bertz CT molecular complexity index is 1500. The van der Waals surface area contributed by atoms with E-state index in [1.807, 2.05) is 61.5 Å². The predicted octanol–water partition coefficient (Wildman–Crippen LogP) is 6.07. The molecule has 1 amide bonds. The number of nitrogens with one attached hydrogen (secondary N) is 2. The topological polar surface area (TPSA) is 93.7 Å². The zero-order chi connectivity index (χ0) is 27.0. The van der Waals surface area contributed by atoms with E-state index in [0.29, 0.717) is 29.3 Å². The van der Waals surface area contributed by atoms with Gasteiger partial charge in [-0.15, -0.1) is 0 Å². The Morgan fingerprint density at radius 1 is 0.789 bits per heavy atom. The van der Waals surface area contributed by atoms with Gasteiger partial charge in [-0.05, 0) is 84.8 Å². The lowest BCUT2D eigenvalue weighted by Gasteiger charge is -2.12. The first-order chi connectivity index (χ1) is 18.4. The number of amides is 1. The van der Waals surface area contributed by atoms with Crippen molar-refractivity contribution < 1.29 is 22.7 Å². The number of hydrogen-bond acceptors (Lipinski definition) is 5. The zero-order valence-electron chi connectivity index (χ0n) is 21.0. The van der Waals surface area contributed by atoms with Gasteiger partial charge in [-0.25, -0.2) is 8.42 Å². The lowest BCUT2D eigenvalue weighted by molar-refractivity contribution is -0.111. The van der Waals surface area contributed by atoms with E-state index < -0.39 is 10.0 Å². The van der Waals surface area contributed by atoms with Crippen LogP contribution in [0.4, 0.5) is 11.4 Å². The van der Waals surface area contributed by atoms with E-state index in [1.54, 1.807) is 49.6 Å². The van der Waals surface area contributed by atoms with Crippen molar-refractivity contribution in [3.63, 3.8) is 0 Å². The van der Waals surface area contributed by atoms with E-state index in [9.17, 15) is 13.2 Å². The molecule has 0 aliphatic heterocycles. The van der Waals surface area contributed by atoms with E-state index in [1.165, 1.54) is 12.1 Å². The van der Waals surface area contributed by atoms with Gasteiger partial charge in [-0.1, -0.05) is 42.5 Å². The Labute approximate surface area is 222 Å². The summed E-state index contributed by atoms with van der Waals surface area (Å²) in [5.74, 6) is 1.06. The maximum Gasteiger partial charge on any atom is 0.261 e. The molecule has 0 aliphatic carbocycles. The SMILES string of the molecule is CCOc1ccc(NS(=O)(=O)c2ccc(NC(=O)/C(=C/c3ccc(OC)cc3)c3ccccc3)cc2)cc1. The molecule has 4 aromatic rings. The fourth-order valence-corrected chi connectivity index (χ4v) is 4.74. The molecule has 8 heteroatoms. The van der Waals surface area contributed by atoms with Crippen molar-refractivity contribution in [1.82, 2.24) is 0 Å². The Balaban J connectivity index is 1.51. The summed E-state index contributed by atoms with van der Waals surface area (Å²) in [6.45, 7) is 2.40. The molecule has 0 atom stereocenters. The number of methoxy groups -OCH3 is 1. The molecule has 0 spiro atoms. The van der Waals surface area contributed by atoms with Crippen LogP contribution in [0.3, 0.4) is 0 Å². The van der Waals surface area contributed by atoms with Gasteiger partial charge in [0.2, 0.25) is 0 Å². The highest BCUT2D eigenvalue weighted by atomic mass is 32.2. The molecule has 2 N–H and O–H groups in total. The number of ether oxygens (including phenoxy) is 2. The van der Waals surface area contributed by atoms with Crippen molar-refractivity contribution in [2.45, 2.75) is 11.8 Å². The van der Waals surface area contributed by atoms with E-state index in [-0.39, 0.29) is 10.8 Å². The molecule has 0 aromatic heterocycles. The third-order valence-corrected chi connectivity index (χ3v) is 6.99. The molecule has 0 aliphatic rings. The summed E-state index contributed by atoms with van der Waals surface area (Å²) >= 11 is 0. The zero-order valence-corrected chi connectivity index (χ0v) is 21.9. The van der Waals surface area contributed by atoms with Crippen LogP contribution in [0.25, 0.3) is 11.6 Å². The summed E-state index contributed by atoms with van der Waals surface area (Å²) in [4.78, 5) is 13.4. The van der Waals surface area contributed by atoms with Gasteiger partial charge < -0.3 is 14.8 Å². The van der Waals surface area contributed by atoms with Gasteiger partial charge in [0, 0.05) is 16.9 Å². The summed E-state index contributed by atoms with van der Waals surface area (Å²) in [7, 11) is -2.22. The smallest absolute Gasteiger partial charge is 0.261 e. The summed E-state index contributed by atoms with van der Waals surface area (Å²) in [5, 5.41) is 2.87. The minimum absolute atomic E-state index is 0.0708. The van der Waals surface area contributed by atoms with Gasteiger partial charge in [0.25, 0.3) is 15.9 Å². The number of carbonyl (C=O) groups excluding carboxylic acids is 1. The molecule has 194 valence electrons. The largest absolute Gasteiger partial charge is 0.497 e. The van der Waals surface area contributed by atoms with Gasteiger partial charge in [0.15, 0.2) is 0 Å². The highest BCUT2D eigenvalue weighted by molar-refractivity contribution is 7.92. The summed E-state index contributed by atoms with van der Waals surface area (Å²) in [6.07, 6.45) is 1.80. The number of hydrogen-bond donors (Lipinski definition) is 2. The third kappa shape index (κ3) is 6.80. The molecule has 0 unspecified atom stereocenters. The first-order valence-corrected chi connectivity index (χ1v) is 13.4. The van der Waals surface area contributed by atoms with Crippen LogP contribution in [0.1, 0.15) is 18.1 Å². The monoisotopic (exact) mass is 528 g/mol. The van der Waals surface area contributed by atoms with Crippen LogP contribution < -0.4 is 19.5 Å². The Morgan fingerprint density at radius 2 is 1.39 bits per heavy atom. The van der Waals surface area contributed by atoms with Gasteiger partial charge >= 0.3 is 0 Å². The molecule has 7 nitrogen and oxygen atoms in total. The van der Waals surface area contributed by atoms with Crippen molar-refractivity contribution in [3.8, 4) is 11.5 Å². The predicted molar refractivity (Wildman–Crippen MR) is 151 cm³/mol. The number of rotatable bonds is 10. The van der Waals surface area contributed by atoms with E-state index in [4.69, 9.17) is 9.47 Å². The summed E-state index contributed by atoms with van der Waals surface area (Å²) < 4.78 is 38.8. The molecule has 0 heterocycles. The molecule has 0 fully saturated rings. The van der Waals surface area contributed by atoms with Crippen LogP contribution >= 0.6 is 0 Å². The van der Waals surface area contributed by atoms with Crippen LogP contribution in [0.5, 0.6) is 11.5 Å². The minimum atomic E-state index is -3.81. The maximum atomic E-state index is 13.3. The van der Waals surface area contributed by atoms with E-state index in [0.717, 1.165) is 16.9 Å². The Hall–Kier alpha value is -4.56. The van der Waals surface area contributed by atoms with Crippen LogP contribution in [-0.4, -0.2) is 28.0 Å². The Morgan fingerprint density at radius 3 is 2.00 bits per heavy atom. The van der Waals surface area contributed by atoms with Crippen molar-refractivity contribution in [1.29, 1.82) is 0 Å². The molecule has 38 heavy (non-hydrogen) atoms. The van der Waals surface area contributed by atoms with Crippen LogP contribution in [0.2, 0.25) is 0 Å². The number of anilines is 2. The van der Waals surface area contributed by atoms with Gasteiger partial charge in [-0.3, -0.25) is 9.52 Å². The van der Waals surface area contributed by atoms with Crippen molar-refractivity contribution >= 4 is 39.0 Å². The lowest BCUT2D eigenvalue weighted by Crippen LogP contribution is -2.15. The van der Waals surface area contributed by atoms with Gasteiger partial charge in [0.05, 0.1) is 18.6 Å². The van der Waals surface area contributed by atoms with Crippen molar-refractivity contribution in [3.05, 3.63) is 114 Å². The second-order valence-electron chi connectivity index (χ2n) is 8.24. The first kappa shape index (κ1) is 26.5. The lowest BCUT2D eigenvalue weighted by atomic mass is 10.0. The van der Waals surface area contributed by atoms with E-state index >= 15 is 0 Å². The molecular formula is C30H28N2O5S. The van der Waals surface area contributed by atoms with Crippen LogP contribution in [-0.2, 0) is 14.8 Å².